The minimum Gasteiger partial charge on any atom is -0.302 e. The van der Waals surface area contributed by atoms with Gasteiger partial charge in [-0.25, -0.2) is 8.78 Å². The van der Waals surface area contributed by atoms with Crippen LogP contribution in [0.1, 0.15) is 19.8 Å². The van der Waals surface area contributed by atoms with Crippen LogP contribution in [0.3, 0.4) is 0 Å². The first-order valence-electron chi connectivity index (χ1n) is 5.88. The highest BCUT2D eigenvalue weighted by molar-refractivity contribution is 4.87. The molecule has 0 aromatic rings. The molecule has 0 aromatic heterocycles. The van der Waals surface area contributed by atoms with E-state index in [1.807, 2.05) is 4.90 Å². The van der Waals surface area contributed by atoms with Gasteiger partial charge in [0.25, 0.3) is 5.92 Å². The third-order valence-corrected chi connectivity index (χ3v) is 3.38. The third kappa shape index (κ3) is 3.11. The fourth-order valence-corrected chi connectivity index (χ4v) is 2.54. The fourth-order valence-electron chi connectivity index (χ4n) is 2.54. The van der Waals surface area contributed by atoms with Crippen LogP contribution < -0.4 is 0 Å². The van der Waals surface area contributed by atoms with E-state index in [-0.39, 0.29) is 13.1 Å². The molecule has 4 heteroatoms. The predicted octanol–water partition coefficient (Wildman–Crippen LogP) is 1.67. The van der Waals surface area contributed by atoms with Crippen molar-refractivity contribution in [2.75, 3.05) is 39.3 Å². The molecule has 2 saturated heterocycles. The Morgan fingerprint density at radius 2 is 1.87 bits per heavy atom. The molecule has 0 aliphatic carbocycles. The van der Waals surface area contributed by atoms with E-state index in [1.165, 1.54) is 12.8 Å². The highest BCUT2D eigenvalue weighted by Gasteiger charge is 2.43. The second-order valence-corrected chi connectivity index (χ2v) is 5.11. The Morgan fingerprint density at radius 3 is 2.47 bits per heavy atom. The minimum atomic E-state index is -2.41. The molecule has 2 fully saturated rings. The van der Waals surface area contributed by atoms with Gasteiger partial charge in [-0.15, -0.1) is 0 Å². The van der Waals surface area contributed by atoms with Crippen LogP contribution in [0.15, 0.2) is 0 Å². The largest absolute Gasteiger partial charge is 0.302 e. The summed E-state index contributed by atoms with van der Waals surface area (Å²) in [6, 6.07) is 0. The number of rotatable bonds is 3. The van der Waals surface area contributed by atoms with Gasteiger partial charge in [0, 0.05) is 19.6 Å². The monoisotopic (exact) mass is 218 g/mol. The Kier molecular flexibility index (Phi) is 3.26. The number of hydrogen-bond acceptors (Lipinski definition) is 2. The number of hydrogen-bond donors (Lipinski definition) is 0. The van der Waals surface area contributed by atoms with Crippen molar-refractivity contribution in [3.05, 3.63) is 0 Å². The Balaban J connectivity index is 1.62. The molecule has 2 aliphatic rings. The zero-order chi connectivity index (χ0) is 10.9. The summed E-state index contributed by atoms with van der Waals surface area (Å²) in [5.74, 6) is -1.63. The molecule has 2 heterocycles. The highest BCUT2D eigenvalue weighted by atomic mass is 19.3. The van der Waals surface area contributed by atoms with Gasteiger partial charge >= 0.3 is 0 Å². The Labute approximate surface area is 90.2 Å². The fraction of sp³-hybridized carbons (Fsp3) is 1.00. The number of likely N-dealkylation sites (tertiary alicyclic amines) is 2. The van der Waals surface area contributed by atoms with E-state index in [0.717, 1.165) is 32.1 Å². The molecule has 88 valence electrons. The molecule has 0 saturated carbocycles. The van der Waals surface area contributed by atoms with Crippen molar-refractivity contribution in [3.63, 3.8) is 0 Å². The van der Waals surface area contributed by atoms with Gasteiger partial charge in [0.15, 0.2) is 0 Å². The van der Waals surface area contributed by atoms with E-state index in [4.69, 9.17) is 0 Å². The predicted molar refractivity (Wildman–Crippen MR) is 56.2 cm³/mol. The van der Waals surface area contributed by atoms with Crippen molar-refractivity contribution in [3.8, 4) is 0 Å². The van der Waals surface area contributed by atoms with Crippen molar-refractivity contribution >= 4 is 0 Å². The van der Waals surface area contributed by atoms with Crippen LogP contribution in [0.4, 0.5) is 8.78 Å². The Bertz CT molecular complexity index is 213. The van der Waals surface area contributed by atoms with E-state index in [1.54, 1.807) is 0 Å². The molecule has 2 nitrogen and oxygen atoms in total. The molecule has 0 unspecified atom stereocenters. The highest BCUT2D eigenvalue weighted by Crippen LogP contribution is 2.26. The summed E-state index contributed by atoms with van der Waals surface area (Å²) in [5.41, 5.74) is 0. The normalized spacial score (nSPS) is 32.6. The van der Waals surface area contributed by atoms with Crippen LogP contribution in [-0.4, -0.2) is 55.0 Å². The van der Waals surface area contributed by atoms with Crippen LogP contribution in [0.25, 0.3) is 0 Å². The Hall–Kier alpha value is -0.220. The van der Waals surface area contributed by atoms with Crippen LogP contribution in [0, 0.1) is 5.92 Å². The van der Waals surface area contributed by atoms with Gasteiger partial charge in [0.1, 0.15) is 0 Å². The van der Waals surface area contributed by atoms with Crippen LogP contribution in [0.2, 0.25) is 0 Å². The standard InChI is InChI=1S/C11H20F2N2/c1-10-3-2-4-14(7-10)5-6-15-8-11(12,13)9-15/h10H,2-9H2,1H3/t10-/m0/s1. The van der Waals surface area contributed by atoms with Crippen molar-refractivity contribution in [1.29, 1.82) is 0 Å². The van der Waals surface area contributed by atoms with Gasteiger partial charge < -0.3 is 4.90 Å². The summed E-state index contributed by atoms with van der Waals surface area (Å²) in [6.45, 7) is 6.26. The van der Waals surface area contributed by atoms with Gasteiger partial charge in [-0.05, 0) is 25.3 Å². The summed E-state index contributed by atoms with van der Waals surface area (Å²) >= 11 is 0. The third-order valence-electron chi connectivity index (χ3n) is 3.38. The number of nitrogens with zero attached hydrogens (tertiary/aromatic N) is 2. The molecule has 15 heavy (non-hydrogen) atoms. The van der Waals surface area contributed by atoms with Gasteiger partial charge in [0.05, 0.1) is 13.1 Å². The number of piperidine rings is 1. The zero-order valence-electron chi connectivity index (χ0n) is 9.38. The SMILES string of the molecule is C[C@H]1CCCN(CCN2CC(F)(F)C2)C1. The zero-order valence-corrected chi connectivity index (χ0v) is 9.38. The molecule has 0 spiro atoms. The summed E-state index contributed by atoms with van der Waals surface area (Å²) < 4.78 is 25.1. The molecule has 0 radical (unpaired) electrons. The molecular weight excluding hydrogens is 198 g/mol. The van der Waals surface area contributed by atoms with Crippen LogP contribution >= 0.6 is 0 Å². The maximum absolute atomic E-state index is 12.6. The van der Waals surface area contributed by atoms with Crippen molar-refractivity contribution in [1.82, 2.24) is 9.80 Å². The van der Waals surface area contributed by atoms with Crippen LogP contribution in [-0.2, 0) is 0 Å². The first-order valence-corrected chi connectivity index (χ1v) is 5.88. The lowest BCUT2D eigenvalue weighted by Gasteiger charge is -2.40. The molecule has 0 aromatic carbocycles. The number of halogens is 2. The van der Waals surface area contributed by atoms with E-state index in [0.29, 0.717) is 0 Å². The lowest BCUT2D eigenvalue weighted by atomic mass is 10.0. The second kappa shape index (κ2) is 4.34. The average molecular weight is 218 g/mol. The van der Waals surface area contributed by atoms with Gasteiger partial charge in [0.2, 0.25) is 0 Å². The summed E-state index contributed by atoms with van der Waals surface area (Å²) in [6.07, 6.45) is 2.58. The summed E-state index contributed by atoms with van der Waals surface area (Å²) in [7, 11) is 0. The maximum atomic E-state index is 12.6. The van der Waals surface area contributed by atoms with Crippen molar-refractivity contribution in [2.45, 2.75) is 25.7 Å². The number of alkyl halides is 2. The van der Waals surface area contributed by atoms with E-state index in [9.17, 15) is 8.78 Å². The first-order chi connectivity index (χ1) is 7.05. The smallest absolute Gasteiger partial charge is 0.272 e. The molecule has 1 atom stereocenters. The van der Waals surface area contributed by atoms with Crippen molar-refractivity contribution < 1.29 is 8.78 Å². The molecule has 2 rings (SSSR count). The minimum absolute atomic E-state index is 0.0314. The van der Waals surface area contributed by atoms with Gasteiger partial charge in [-0.1, -0.05) is 6.92 Å². The van der Waals surface area contributed by atoms with E-state index in [2.05, 4.69) is 11.8 Å². The molecule has 0 N–H and O–H groups in total. The van der Waals surface area contributed by atoms with Gasteiger partial charge in [-0.2, -0.15) is 0 Å². The van der Waals surface area contributed by atoms with E-state index >= 15 is 0 Å². The summed E-state index contributed by atoms with van der Waals surface area (Å²) in [5, 5.41) is 0. The van der Waals surface area contributed by atoms with E-state index < -0.39 is 5.92 Å². The molecular formula is C11H20F2N2. The first kappa shape index (κ1) is 11.3. The van der Waals surface area contributed by atoms with Crippen molar-refractivity contribution in [2.24, 2.45) is 5.92 Å². The molecule has 2 aliphatic heterocycles. The maximum Gasteiger partial charge on any atom is 0.272 e. The molecule has 0 amide bonds. The second-order valence-electron chi connectivity index (χ2n) is 5.11. The molecule has 0 bridgehead atoms. The summed E-state index contributed by atoms with van der Waals surface area (Å²) in [4.78, 5) is 4.25. The van der Waals surface area contributed by atoms with Crippen LogP contribution in [0.5, 0.6) is 0 Å². The lowest BCUT2D eigenvalue weighted by molar-refractivity contribution is -0.131. The average Bonchev–Trinajstić information content (AvgIpc) is 2.11. The topological polar surface area (TPSA) is 6.48 Å². The quantitative estimate of drug-likeness (QED) is 0.711. The van der Waals surface area contributed by atoms with Gasteiger partial charge in [-0.3, -0.25) is 4.90 Å². The lowest BCUT2D eigenvalue weighted by Crippen LogP contribution is -2.57. The Morgan fingerprint density at radius 1 is 1.20 bits per heavy atom.